The monoisotopic (exact) mass is 440 g/mol. The van der Waals surface area contributed by atoms with Crippen LogP contribution in [0.15, 0.2) is 16.6 Å². The van der Waals surface area contributed by atoms with E-state index in [1.165, 1.54) is 32.1 Å². The summed E-state index contributed by atoms with van der Waals surface area (Å²) in [6, 6.07) is 4.64. The molecule has 0 heterocycles. The van der Waals surface area contributed by atoms with Crippen LogP contribution in [0.25, 0.3) is 0 Å². The summed E-state index contributed by atoms with van der Waals surface area (Å²) in [5, 5.41) is 6.55. The fourth-order valence-electron chi connectivity index (χ4n) is 3.29. The van der Waals surface area contributed by atoms with E-state index in [1.54, 1.807) is 0 Å². The van der Waals surface area contributed by atoms with E-state index in [1.807, 2.05) is 39.8 Å². The zero-order chi connectivity index (χ0) is 19.9. The molecule has 0 bridgehead atoms. The molecule has 0 aromatic heterocycles. The zero-order valence-corrected chi connectivity index (χ0v) is 18.6. The minimum atomic E-state index is -0.283. The van der Waals surface area contributed by atoms with Gasteiger partial charge in [-0.25, -0.2) is 0 Å². The molecule has 0 aliphatic heterocycles. The molecule has 5 nitrogen and oxygen atoms in total. The molecular weight excluding hydrogens is 408 g/mol. The Morgan fingerprint density at radius 2 is 1.89 bits per heavy atom. The summed E-state index contributed by atoms with van der Waals surface area (Å²) < 4.78 is 12.3. The maximum atomic E-state index is 12.1. The largest absolute Gasteiger partial charge is 0.490 e. The van der Waals surface area contributed by atoms with Crippen LogP contribution in [0.3, 0.4) is 0 Å². The van der Waals surface area contributed by atoms with Crippen molar-refractivity contribution in [2.75, 3.05) is 13.2 Å². The second-order valence-electron chi connectivity index (χ2n) is 8.14. The number of benzene rings is 1. The van der Waals surface area contributed by atoms with Crippen molar-refractivity contribution in [3.05, 3.63) is 22.2 Å². The Hall–Kier alpha value is -1.27. The third-order valence-electron chi connectivity index (χ3n) is 4.43. The Bertz CT molecular complexity index is 623. The van der Waals surface area contributed by atoms with Gasteiger partial charge >= 0.3 is 0 Å². The predicted molar refractivity (Wildman–Crippen MR) is 112 cm³/mol. The topological polar surface area (TPSA) is 59.6 Å². The second kappa shape index (κ2) is 10.3. The van der Waals surface area contributed by atoms with Crippen LogP contribution in [0.1, 0.15) is 65.4 Å². The van der Waals surface area contributed by atoms with Gasteiger partial charge in [-0.15, -0.1) is 0 Å². The van der Waals surface area contributed by atoms with Gasteiger partial charge in [0.2, 0.25) is 0 Å². The summed E-state index contributed by atoms with van der Waals surface area (Å²) >= 11 is 3.58. The molecule has 0 unspecified atom stereocenters. The number of amides is 1. The van der Waals surface area contributed by atoms with Gasteiger partial charge in [0, 0.05) is 18.1 Å². The molecule has 27 heavy (non-hydrogen) atoms. The van der Waals surface area contributed by atoms with Crippen molar-refractivity contribution in [3.8, 4) is 11.5 Å². The van der Waals surface area contributed by atoms with Crippen molar-refractivity contribution in [3.63, 3.8) is 0 Å². The van der Waals surface area contributed by atoms with Crippen molar-refractivity contribution in [1.82, 2.24) is 10.6 Å². The Morgan fingerprint density at radius 3 is 2.52 bits per heavy atom. The highest BCUT2D eigenvalue weighted by molar-refractivity contribution is 9.10. The number of rotatable bonds is 8. The molecule has 1 aromatic carbocycles. The minimum absolute atomic E-state index is 0.0460. The highest BCUT2D eigenvalue weighted by Crippen LogP contribution is 2.37. The van der Waals surface area contributed by atoms with Gasteiger partial charge in [0.1, 0.15) is 0 Å². The lowest BCUT2D eigenvalue weighted by molar-refractivity contribution is -0.124. The van der Waals surface area contributed by atoms with Crippen molar-refractivity contribution >= 4 is 21.8 Å². The quantitative estimate of drug-likeness (QED) is 0.621. The number of carbonyl (C=O) groups is 1. The summed E-state index contributed by atoms with van der Waals surface area (Å²) in [6.45, 7) is 9.07. The normalized spacial score (nSPS) is 15.4. The van der Waals surface area contributed by atoms with Crippen LogP contribution in [-0.2, 0) is 11.3 Å². The van der Waals surface area contributed by atoms with Gasteiger partial charge in [0.15, 0.2) is 18.1 Å². The standard InChI is InChI=1S/C21H33BrN2O3/c1-5-26-18-12-15(13-23-16-9-7-6-8-10-16)11-17(22)20(18)27-14-19(25)24-21(2,3)4/h11-12,16,23H,5-10,13-14H2,1-4H3,(H,24,25). The Kier molecular flexibility index (Phi) is 8.42. The first kappa shape index (κ1) is 22.0. The number of nitrogens with one attached hydrogen (secondary N) is 2. The lowest BCUT2D eigenvalue weighted by atomic mass is 9.95. The molecule has 0 atom stereocenters. The van der Waals surface area contributed by atoms with Crippen LogP contribution >= 0.6 is 15.9 Å². The first-order chi connectivity index (χ1) is 12.8. The molecule has 0 radical (unpaired) electrons. The fraction of sp³-hybridized carbons (Fsp3) is 0.667. The molecular formula is C21H33BrN2O3. The van der Waals surface area contributed by atoms with E-state index in [4.69, 9.17) is 9.47 Å². The number of hydrogen-bond acceptors (Lipinski definition) is 4. The number of hydrogen-bond donors (Lipinski definition) is 2. The zero-order valence-electron chi connectivity index (χ0n) is 17.0. The highest BCUT2D eigenvalue weighted by atomic mass is 79.9. The predicted octanol–water partition coefficient (Wildman–Crippen LogP) is 4.56. The third kappa shape index (κ3) is 7.70. The fourth-order valence-corrected chi connectivity index (χ4v) is 3.89. The summed E-state index contributed by atoms with van der Waals surface area (Å²) in [7, 11) is 0. The van der Waals surface area contributed by atoms with E-state index in [0.29, 0.717) is 24.1 Å². The molecule has 2 rings (SSSR count). The maximum absolute atomic E-state index is 12.1. The van der Waals surface area contributed by atoms with E-state index < -0.39 is 0 Å². The molecule has 0 saturated heterocycles. The SMILES string of the molecule is CCOc1cc(CNC2CCCCC2)cc(Br)c1OCC(=O)NC(C)(C)C. The Balaban J connectivity index is 2.02. The van der Waals surface area contributed by atoms with Gasteiger partial charge in [0.25, 0.3) is 5.91 Å². The van der Waals surface area contributed by atoms with Crippen LogP contribution in [0, 0.1) is 0 Å². The van der Waals surface area contributed by atoms with Gasteiger partial charge in [-0.3, -0.25) is 4.79 Å². The smallest absolute Gasteiger partial charge is 0.258 e. The maximum Gasteiger partial charge on any atom is 0.258 e. The molecule has 1 amide bonds. The Labute approximate surface area is 171 Å². The van der Waals surface area contributed by atoms with Gasteiger partial charge < -0.3 is 20.1 Å². The average Bonchev–Trinajstić information content (AvgIpc) is 2.59. The van der Waals surface area contributed by atoms with Crippen LogP contribution in [0.5, 0.6) is 11.5 Å². The molecule has 152 valence electrons. The van der Waals surface area contributed by atoms with Crippen LogP contribution in [0.2, 0.25) is 0 Å². The third-order valence-corrected chi connectivity index (χ3v) is 5.02. The van der Waals surface area contributed by atoms with Crippen molar-refractivity contribution in [2.24, 2.45) is 0 Å². The lowest BCUT2D eigenvalue weighted by Gasteiger charge is -2.23. The molecule has 6 heteroatoms. The van der Waals surface area contributed by atoms with E-state index >= 15 is 0 Å². The highest BCUT2D eigenvalue weighted by Gasteiger charge is 2.18. The van der Waals surface area contributed by atoms with Gasteiger partial charge in [-0.2, -0.15) is 0 Å². The van der Waals surface area contributed by atoms with Gasteiger partial charge in [-0.05, 0) is 74.2 Å². The summed E-state index contributed by atoms with van der Waals surface area (Å²) in [4.78, 5) is 12.1. The van der Waals surface area contributed by atoms with Crippen molar-refractivity contribution in [2.45, 2.75) is 77.9 Å². The first-order valence-electron chi connectivity index (χ1n) is 9.91. The summed E-state index contributed by atoms with van der Waals surface area (Å²) in [5.74, 6) is 1.08. The molecule has 1 fully saturated rings. The van der Waals surface area contributed by atoms with E-state index in [0.717, 1.165) is 16.6 Å². The summed E-state index contributed by atoms with van der Waals surface area (Å²) in [5.41, 5.74) is 0.858. The van der Waals surface area contributed by atoms with Gasteiger partial charge in [0.05, 0.1) is 11.1 Å². The van der Waals surface area contributed by atoms with Crippen LogP contribution < -0.4 is 20.1 Å². The minimum Gasteiger partial charge on any atom is -0.490 e. The van der Waals surface area contributed by atoms with E-state index in [9.17, 15) is 4.79 Å². The molecule has 1 aliphatic carbocycles. The molecule has 1 saturated carbocycles. The molecule has 2 N–H and O–H groups in total. The van der Waals surface area contributed by atoms with E-state index in [-0.39, 0.29) is 18.1 Å². The number of ether oxygens (including phenoxy) is 2. The van der Waals surface area contributed by atoms with Crippen LogP contribution in [0.4, 0.5) is 0 Å². The summed E-state index contributed by atoms with van der Waals surface area (Å²) in [6.07, 6.45) is 6.49. The van der Waals surface area contributed by atoms with Crippen molar-refractivity contribution < 1.29 is 14.3 Å². The molecule has 0 spiro atoms. The first-order valence-corrected chi connectivity index (χ1v) is 10.7. The van der Waals surface area contributed by atoms with Gasteiger partial charge in [-0.1, -0.05) is 19.3 Å². The molecule has 1 aromatic rings. The number of halogens is 1. The average molecular weight is 441 g/mol. The second-order valence-corrected chi connectivity index (χ2v) is 8.99. The Morgan fingerprint density at radius 1 is 1.19 bits per heavy atom. The lowest BCUT2D eigenvalue weighted by Crippen LogP contribution is -2.43. The van der Waals surface area contributed by atoms with E-state index in [2.05, 4.69) is 26.6 Å². The molecule has 1 aliphatic rings. The van der Waals surface area contributed by atoms with Crippen molar-refractivity contribution in [1.29, 1.82) is 0 Å². The van der Waals surface area contributed by atoms with Crippen LogP contribution in [-0.4, -0.2) is 30.7 Å². The number of carbonyl (C=O) groups excluding carboxylic acids is 1.